The summed E-state index contributed by atoms with van der Waals surface area (Å²) in [4.78, 5) is 23.3. The Hall–Kier alpha value is -1.26. The molecule has 6 heteroatoms. The van der Waals surface area contributed by atoms with Gasteiger partial charge >= 0.3 is 5.97 Å². The minimum Gasteiger partial charge on any atom is -0.465 e. The Labute approximate surface area is 121 Å². The van der Waals surface area contributed by atoms with Crippen LogP contribution in [0.2, 0.25) is 0 Å². The summed E-state index contributed by atoms with van der Waals surface area (Å²) in [5.74, 6) is -0.657. The van der Waals surface area contributed by atoms with Crippen LogP contribution in [-0.2, 0) is 9.53 Å². The van der Waals surface area contributed by atoms with Crippen LogP contribution in [0.3, 0.4) is 0 Å². The minimum absolute atomic E-state index is 0.233. The second kappa shape index (κ2) is 4.69. The van der Waals surface area contributed by atoms with E-state index < -0.39 is 15.7 Å². The molecule has 0 bridgehead atoms. The molecule has 0 radical (unpaired) electrons. The Kier molecular flexibility index (Phi) is 3.49. The summed E-state index contributed by atoms with van der Waals surface area (Å²) in [6, 6.07) is 6.40. The zero-order valence-corrected chi connectivity index (χ0v) is 12.0. The second-order valence-electron chi connectivity index (χ2n) is 4.74. The fraction of sp³-hybridized carbons (Fsp3) is 0.385. The van der Waals surface area contributed by atoms with E-state index in [0.29, 0.717) is 17.7 Å². The topological polar surface area (TPSA) is 55.4 Å². The number of hydrogen-bond donors (Lipinski definition) is 1. The lowest BCUT2D eigenvalue weighted by Gasteiger charge is -2.12. The second-order valence-corrected chi connectivity index (χ2v) is 6.22. The van der Waals surface area contributed by atoms with E-state index in [-0.39, 0.29) is 5.91 Å². The van der Waals surface area contributed by atoms with Gasteiger partial charge in [-0.1, -0.05) is 0 Å². The van der Waals surface area contributed by atoms with Crippen molar-refractivity contribution in [3.8, 4) is 0 Å². The predicted molar refractivity (Wildman–Crippen MR) is 73.6 cm³/mol. The zero-order valence-electron chi connectivity index (χ0n) is 10.5. The number of nitrogens with one attached hydrogen (secondary N) is 1. The largest absolute Gasteiger partial charge is 0.465 e. The van der Waals surface area contributed by atoms with Crippen LogP contribution in [0.25, 0.3) is 0 Å². The third-order valence-electron chi connectivity index (χ3n) is 3.32. The number of rotatable bonds is 3. The molecule has 0 heterocycles. The number of alkyl halides is 2. The van der Waals surface area contributed by atoms with E-state index in [1.54, 1.807) is 31.2 Å². The Balaban J connectivity index is 2.05. The van der Waals surface area contributed by atoms with Crippen LogP contribution >= 0.6 is 23.2 Å². The van der Waals surface area contributed by atoms with Gasteiger partial charge in [0.05, 0.1) is 18.1 Å². The van der Waals surface area contributed by atoms with Crippen LogP contribution in [-0.4, -0.2) is 23.3 Å². The molecule has 1 aliphatic rings. The van der Waals surface area contributed by atoms with E-state index in [1.807, 2.05) is 0 Å². The molecule has 0 aliphatic heterocycles. The maximum absolute atomic E-state index is 12.0. The van der Waals surface area contributed by atoms with Gasteiger partial charge < -0.3 is 10.1 Å². The van der Waals surface area contributed by atoms with E-state index in [0.717, 1.165) is 0 Å². The molecule has 1 aromatic rings. The molecule has 1 aliphatic carbocycles. The van der Waals surface area contributed by atoms with Crippen molar-refractivity contribution >= 4 is 40.8 Å². The Bertz CT molecular complexity index is 527. The number of esters is 1. The Morgan fingerprint density at radius 1 is 1.26 bits per heavy atom. The predicted octanol–water partition coefficient (Wildman–Crippen LogP) is 3.00. The molecular weight excluding hydrogens is 289 g/mol. The third-order valence-corrected chi connectivity index (χ3v) is 4.42. The van der Waals surface area contributed by atoms with Crippen LogP contribution < -0.4 is 5.32 Å². The number of benzene rings is 1. The molecule has 0 aromatic heterocycles. The van der Waals surface area contributed by atoms with Crippen molar-refractivity contribution < 1.29 is 14.3 Å². The average molecular weight is 302 g/mol. The Morgan fingerprint density at radius 3 is 2.21 bits per heavy atom. The molecule has 1 atom stereocenters. The summed E-state index contributed by atoms with van der Waals surface area (Å²) in [7, 11) is 1.31. The number of ether oxygens (including phenoxy) is 1. The van der Waals surface area contributed by atoms with Gasteiger partial charge in [0.15, 0.2) is 0 Å². The van der Waals surface area contributed by atoms with E-state index in [2.05, 4.69) is 10.1 Å². The van der Waals surface area contributed by atoms with Crippen LogP contribution in [0.1, 0.15) is 23.7 Å². The lowest BCUT2D eigenvalue weighted by atomic mass is 10.1. The standard InChI is InChI=1S/C13H13Cl2NO3/c1-12(7-13(12,14)15)11(18)16-9-5-3-8(4-6-9)10(17)19-2/h3-6H,7H2,1-2H3,(H,16,18). The highest BCUT2D eigenvalue weighted by molar-refractivity contribution is 6.53. The lowest BCUT2D eigenvalue weighted by Crippen LogP contribution is -2.25. The van der Waals surface area contributed by atoms with Crippen molar-refractivity contribution in [1.29, 1.82) is 0 Å². The molecule has 4 nitrogen and oxygen atoms in total. The number of anilines is 1. The number of carbonyl (C=O) groups excluding carboxylic acids is 2. The van der Waals surface area contributed by atoms with Crippen molar-refractivity contribution in [3.05, 3.63) is 29.8 Å². The van der Waals surface area contributed by atoms with Gasteiger partial charge in [-0.15, -0.1) is 23.2 Å². The first-order chi connectivity index (χ1) is 8.80. The summed E-state index contributed by atoms with van der Waals surface area (Å²) < 4.78 is 3.59. The van der Waals surface area contributed by atoms with Gasteiger partial charge in [0.25, 0.3) is 0 Å². The molecule has 19 heavy (non-hydrogen) atoms. The van der Waals surface area contributed by atoms with Crippen molar-refractivity contribution in [2.75, 3.05) is 12.4 Å². The number of methoxy groups -OCH3 is 1. The third kappa shape index (κ3) is 2.55. The lowest BCUT2D eigenvalue weighted by molar-refractivity contribution is -0.120. The first kappa shape index (κ1) is 14.2. The van der Waals surface area contributed by atoms with Crippen LogP contribution in [0.4, 0.5) is 5.69 Å². The molecule has 0 saturated heterocycles. The minimum atomic E-state index is -0.997. The summed E-state index contributed by atoms with van der Waals surface area (Å²) in [5, 5.41) is 2.72. The summed E-state index contributed by atoms with van der Waals surface area (Å²) in [6.07, 6.45) is 0.426. The average Bonchev–Trinajstić information content (AvgIpc) is 2.90. The van der Waals surface area contributed by atoms with Crippen molar-refractivity contribution in [1.82, 2.24) is 0 Å². The molecule has 1 saturated carbocycles. The van der Waals surface area contributed by atoms with E-state index in [9.17, 15) is 9.59 Å². The monoisotopic (exact) mass is 301 g/mol. The van der Waals surface area contributed by atoms with Crippen molar-refractivity contribution in [3.63, 3.8) is 0 Å². The smallest absolute Gasteiger partial charge is 0.337 e. The molecule has 1 unspecified atom stereocenters. The highest BCUT2D eigenvalue weighted by atomic mass is 35.5. The van der Waals surface area contributed by atoms with Gasteiger partial charge in [-0.3, -0.25) is 4.79 Å². The fourth-order valence-electron chi connectivity index (χ4n) is 1.72. The van der Waals surface area contributed by atoms with Crippen LogP contribution in [0.5, 0.6) is 0 Å². The van der Waals surface area contributed by atoms with Gasteiger partial charge in [-0.2, -0.15) is 0 Å². The van der Waals surface area contributed by atoms with Gasteiger partial charge in [0.2, 0.25) is 5.91 Å². The molecular formula is C13H13Cl2NO3. The molecule has 0 spiro atoms. The van der Waals surface area contributed by atoms with Crippen molar-refractivity contribution in [2.45, 2.75) is 17.7 Å². The van der Waals surface area contributed by atoms with Crippen LogP contribution in [0, 0.1) is 5.41 Å². The Morgan fingerprint density at radius 2 is 1.79 bits per heavy atom. The quantitative estimate of drug-likeness (QED) is 0.690. The molecule has 1 aromatic carbocycles. The van der Waals surface area contributed by atoms with Gasteiger partial charge in [0.1, 0.15) is 4.33 Å². The first-order valence-electron chi connectivity index (χ1n) is 5.68. The summed E-state index contributed by atoms with van der Waals surface area (Å²) >= 11 is 11.9. The molecule has 1 amide bonds. The summed E-state index contributed by atoms with van der Waals surface area (Å²) in [6.45, 7) is 1.71. The van der Waals surface area contributed by atoms with E-state index >= 15 is 0 Å². The van der Waals surface area contributed by atoms with Crippen molar-refractivity contribution in [2.24, 2.45) is 5.41 Å². The molecule has 1 N–H and O–H groups in total. The normalized spacial score (nSPS) is 23.6. The molecule has 1 fully saturated rings. The van der Waals surface area contributed by atoms with E-state index in [1.165, 1.54) is 7.11 Å². The highest BCUT2D eigenvalue weighted by Crippen LogP contribution is 2.64. The van der Waals surface area contributed by atoms with Gasteiger partial charge in [-0.05, 0) is 37.6 Å². The van der Waals surface area contributed by atoms with Crippen LogP contribution in [0.15, 0.2) is 24.3 Å². The SMILES string of the molecule is COC(=O)c1ccc(NC(=O)C2(C)CC2(Cl)Cl)cc1. The first-order valence-corrected chi connectivity index (χ1v) is 6.43. The number of amides is 1. The highest BCUT2D eigenvalue weighted by Gasteiger charge is 2.67. The molecule has 2 rings (SSSR count). The number of hydrogen-bond acceptors (Lipinski definition) is 3. The maximum atomic E-state index is 12.0. The van der Waals surface area contributed by atoms with Gasteiger partial charge in [-0.25, -0.2) is 4.79 Å². The number of halogens is 2. The molecule has 102 valence electrons. The maximum Gasteiger partial charge on any atom is 0.337 e. The van der Waals surface area contributed by atoms with E-state index in [4.69, 9.17) is 23.2 Å². The fourth-order valence-corrected chi connectivity index (χ4v) is 2.43. The zero-order chi connectivity index (χ0) is 14.3. The summed E-state index contributed by atoms with van der Waals surface area (Å²) in [5.41, 5.74) is 0.231. The number of carbonyl (C=O) groups is 2. The van der Waals surface area contributed by atoms with Gasteiger partial charge in [0, 0.05) is 5.69 Å².